The number of aliphatic hydroxyl groups is 1. The number of nitrogens with zero attached hydrogens (tertiary/aromatic N) is 2. The Hall–Kier alpha value is -2.19. The second-order valence-corrected chi connectivity index (χ2v) is 5.22. The van der Waals surface area contributed by atoms with Gasteiger partial charge in [0.1, 0.15) is 5.56 Å². The summed E-state index contributed by atoms with van der Waals surface area (Å²) in [6.45, 7) is 2.56. The smallest absolute Gasteiger partial charge is 0.282 e. The van der Waals surface area contributed by atoms with Gasteiger partial charge in [-0.25, -0.2) is 0 Å². The number of likely N-dealkylation sites (tertiary alicyclic amines) is 1. The maximum Gasteiger partial charge on any atom is 0.282 e. The number of hydrazine groups is 1. The number of rotatable bonds is 3. The lowest BCUT2D eigenvalue weighted by Gasteiger charge is -2.34. The zero-order chi connectivity index (χ0) is 15.6. The molecule has 0 aliphatic carbocycles. The summed E-state index contributed by atoms with van der Waals surface area (Å²) in [6.07, 6.45) is 0.0489. The summed E-state index contributed by atoms with van der Waals surface area (Å²) in [5.74, 6) is 4.92. The molecule has 1 aliphatic heterocycles. The van der Waals surface area contributed by atoms with Crippen LogP contribution in [0.4, 0.5) is 11.4 Å². The quantitative estimate of drug-likeness (QED) is 0.429. The van der Waals surface area contributed by atoms with E-state index in [-0.39, 0.29) is 23.7 Å². The number of piperidine rings is 1. The van der Waals surface area contributed by atoms with Gasteiger partial charge in [-0.2, -0.15) is 0 Å². The van der Waals surface area contributed by atoms with Crippen molar-refractivity contribution >= 4 is 17.3 Å². The van der Waals surface area contributed by atoms with E-state index in [2.05, 4.69) is 5.43 Å². The maximum absolute atomic E-state index is 12.5. The highest BCUT2D eigenvalue weighted by molar-refractivity contribution is 5.99. The molecule has 2 unspecified atom stereocenters. The van der Waals surface area contributed by atoms with Crippen LogP contribution in [0.2, 0.25) is 0 Å². The first kappa shape index (κ1) is 15.2. The van der Waals surface area contributed by atoms with Crippen molar-refractivity contribution in [3.63, 3.8) is 0 Å². The van der Waals surface area contributed by atoms with Gasteiger partial charge in [-0.15, -0.1) is 0 Å². The minimum absolute atomic E-state index is 0.0304. The van der Waals surface area contributed by atoms with E-state index in [0.29, 0.717) is 18.7 Å². The number of aliphatic hydroxyl groups excluding tert-OH is 1. The van der Waals surface area contributed by atoms with Crippen LogP contribution in [0.1, 0.15) is 23.7 Å². The van der Waals surface area contributed by atoms with Crippen molar-refractivity contribution in [3.8, 4) is 0 Å². The predicted molar refractivity (Wildman–Crippen MR) is 76.6 cm³/mol. The Labute approximate surface area is 121 Å². The van der Waals surface area contributed by atoms with Crippen molar-refractivity contribution in [2.45, 2.75) is 19.4 Å². The number of nitrogens with one attached hydrogen (secondary N) is 1. The third kappa shape index (κ3) is 3.11. The number of benzene rings is 1. The van der Waals surface area contributed by atoms with Crippen molar-refractivity contribution < 1.29 is 14.8 Å². The van der Waals surface area contributed by atoms with Gasteiger partial charge in [0.05, 0.1) is 11.0 Å². The highest BCUT2D eigenvalue weighted by Gasteiger charge is 2.31. The van der Waals surface area contributed by atoms with Crippen LogP contribution in [0.5, 0.6) is 0 Å². The molecule has 0 spiro atoms. The number of nitrogens with two attached hydrogens (primary N) is 1. The summed E-state index contributed by atoms with van der Waals surface area (Å²) in [5.41, 5.74) is 2.47. The largest absolute Gasteiger partial charge is 0.391 e. The fourth-order valence-electron chi connectivity index (χ4n) is 2.36. The molecule has 1 aromatic carbocycles. The van der Waals surface area contributed by atoms with Crippen molar-refractivity contribution in [2.24, 2.45) is 11.8 Å². The molecule has 21 heavy (non-hydrogen) atoms. The van der Waals surface area contributed by atoms with Crippen LogP contribution in [0.25, 0.3) is 0 Å². The van der Waals surface area contributed by atoms with Crippen LogP contribution in [-0.4, -0.2) is 40.0 Å². The van der Waals surface area contributed by atoms with Gasteiger partial charge in [0.25, 0.3) is 11.6 Å². The number of carbonyl (C=O) groups excluding carboxylic acids is 1. The van der Waals surface area contributed by atoms with Gasteiger partial charge in [-0.3, -0.25) is 20.8 Å². The topological polar surface area (TPSA) is 122 Å². The average Bonchev–Trinajstić information content (AvgIpc) is 2.48. The molecular weight excluding hydrogens is 276 g/mol. The molecule has 0 saturated carbocycles. The zero-order valence-electron chi connectivity index (χ0n) is 11.7. The first-order valence-corrected chi connectivity index (χ1v) is 6.66. The standard InChI is InChI=1S/C13H18N4O4/c1-8-4-5-16(7-12(8)18)13(19)10-6-9(15-14)2-3-11(10)17(20)21/h2-3,6,8,12,15,18H,4-5,7,14H2,1H3. The molecule has 1 aliphatic rings. The van der Waals surface area contributed by atoms with E-state index in [1.807, 2.05) is 6.92 Å². The van der Waals surface area contributed by atoms with Crippen molar-refractivity contribution in [1.29, 1.82) is 0 Å². The monoisotopic (exact) mass is 294 g/mol. The zero-order valence-corrected chi connectivity index (χ0v) is 11.7. The summed E-state index contributed by atoms with van der Waals surface area (Å²) in [5, 5.41) is 20.9. The van der Waals surface area contributed by atoms with Gasteiger partial charge < -0.3 is 15.4 Å². The molecule has 2 atom stereocenters. The van der Waals surface area contributed by atoms with Crippen LogP contribution in [-0.2, 0) is 0 Å². The number of hydrogen-bond donors (Lipinski definition) is 3. The molecule has 8 heteroatoms. The van der Waals surface area contributed by atoms with E-state index < -0.39 is 16.9 Å². The Morgan fingerprint density at radius 2 is 2.29 bits per heavy atom. The number of anilines is 1. The maximum atomic E-state index is 12.5. The van der Waals surface area contributed by atoms with Crippen molar-refractivity contribution in [1.82, 2.24) is 4.90 Å². The summed E-state index contributed by atoms with van der Waals surface area (Å²) in [4.78, 5) is 24.4. The lowest BCUT2D eigenvalue weighted by molar-refractivity contribution is -0.385. The summed E-state index contributed by atoms with van der Waals surface area (Å²) < 4.78 is 0. The Balaban J connectivity index is 2.31. The molecule has 1 fully saturated rings. The fourth-order valence-corrected chi connectivity index (χ4v) is 2.36. The predicted octanol–water partition coefficient (Wildman–Crippen LogP) is 0.723. The van der Waals surface area contributed by atoms with Gasteiger partial charge in [0.15, 0.2) is 0 Å². The molecule has 1 saturated heterocycles. The fraction of sp³-hybridized carbons (Fsp3) is 0.462. The molecule has 0 bridgehead atoms. The summed E-state index contributed by atoms with van der Waals surface area (Å²) in [7, 11) is 0. The summed E-state index contributed by atoms with van der Waals surface area (Å²) >= 11 is 0. The van der Waals surface area contributed by atoms with Crippen LogP contribution in [0, 0.1) is 16.0 Å². The normalized spacial score (nSPS) is 22.0. The number of amides is 1. The molecule has 0 radical (unpaired) electrons. The SMILES string of the molecule is CC1CCN(C(=O)c2cc(NN)ccc2[N+](=O)[O-])CC1O. The van der Waals surface area contributed by atoms with Crippen LogP contribution in [0.15, 0.2) is 18.2 Å². The number of nitrogen functional groups attached to an aromatic ring is 1. The third-order valence-corrected chi connectivity index (χ3v) is 3.80. The summed E-state index contributed by atoms with van der Waals surface area (Å²) in [6, 6.07) is 4.03. The number of hydrogen-bond acceptors (Lipinski definition) is 6. The molecule has 0 aromatic heterocycles. The van der Waals surface area contributed by atoms with Crippen LogP contribution >= 0.6 is 0 Å². The Morgan fingerprint density at radius 3 is 2.86 bits per heavy atom. The molecular formula is C13H18N4O4. The third-order valence-electron chi connectivity index (χ3n) is 3.80. The minimum Gasteiger partial charge on any atom is -0.391 e. The Kier molecular flexibility index (Phi) is 4.39. The van der Waals surface area contributed by atoms with Crippen LogP contribution < -0.4 is 11.3 Å². The molecule has 1 heterocycles. The molecule has 1 amide bonds. The molecule has 1 aromatic rings. The molecule has 4 N–H and O–H groups in total. The van der Waals surface area contributed by atoms with E-state index in [0.717, 1.165) is 0 Å². The number of β-amino-alcohol motifs (C(OH)–C–C–N with tert-alkyl or cyclic N) is 1. The first-order chi connectivity index (χ1) is 9.93. The van der Waals surface area contributed by atoms with E-state index >= 15 is 0 Å². The second kappa shape index (κ2) is 6.06. The van der Waals surface area contributed by atoms with E-state index in [1.165, 1.54) is 23.1 Å². The first-order valence-electron chi connectivity index (χ1n) is 6.66. The highest BCUT2D eigenvalue weighted by atomic mass is 16.6. The average molecular weight is 294 g/mol. The highest BCUT2D eigenvalue weighted by Crippen LogP contribution is 2.26. The van der Waals surface area contributed by atoms with Gasteiger partial charge in [0, 0.05) is 24.8 Å². The van der Waals surface area contributed by atoms with Gasteiger partial charge in [-0.05, 0) is 24.5 Å². The van der Waals surface area contributed by atoms with E-state index in [9.17, 15) is 20.0 Å². The Bertz CT molecular complexity index is 563. The van der Waals surface area contributed by atoms with Gasteiger partial charge >= 0.3 is 0 Å². The van der Waals surface area contributed by atoms with Crippen molar-refractivity contribution in [2.75, 3.05) is 18.5 Å². The Morgan fingerprint density at radius 1 is 1.57 bits per heavy atom. The van der Waals surface area contributed by atoms with E-state index in [4.69, 9.17) is 5.84 Å². The molecule has 2 rings (SSSR count). The molecule has 114 valence electrons. The minimum atomic E-state index is -0.613. The van der Waals surface area contributed by atoms with Gasteiger partial charge in [-0.1, -0.05) is 6.92 Å². The lowest BCUT2D eigenvalue weighted by Crippen LogP contribution is -2.46. The van der Waals surface area contributed by atoms with Gasteiger partial charge in [0.2, 0.25) is 0 Å². The van der Waals surface area contributed by atoms with Crippen LogP contribution in [0.3, 0.4) is 0 Å². The van der Waals surface area contributed by atoms with Crippen molar-refractivity contribution in [3.05, 3.63) is 33.9 Å². The number of carbonyl (C=O) groups is 1. The molecule has 8 nitrogen and oxygen atoms in total. The number of nitro benzene ring substituents is 1. The van der Waals surface area contributed by atoms with E-state index in [1.54, 1.807) is 0 Å². The number of nitro groups is 1. The lowest BCUT2D eigenvalue weighted by atomic mass is 9.95. The second-order valence-electron chi connectivity index (χ2n) is 5.22.